The minimum atomic E-state index is 0.474. The molecule has 1 aromatic heterocycles. The molecule has 0 fully saturated rings. The Kier molecular flexibility index (Phi) is 5.68. The summed E-state index contributed by atoms with van der Waals surface area (Å²) in [6, 6.07) is 9.43. The summed E-state index contributed by atoms with van der Waals surface area (Å²) in [6.07, 6.45) is 2.90. The first-order chi connectivity index (χ1) is 9.69. The topological polar surface area (TPSA) is 34.1 Å². The monoisotopic (exact) mass is 354 g/mol. The third kappa shape index (κ3) is 4.39. The zero-order chi connectivity index (χ0) is 14.4. The van der Waals surface area contributed by atoms with E-state index in [9.17, 15) is 0 Å². The minimum absolute atomic E-state index is 0.474. The van der Waals surface area contributed by atoms with Crippen molar-refractivity contribution in [1.29, 1.82) is 0 Å². The lowest BCUT2D eigenvalue weighted by Gasteiger charge is -2.09. The van der Waals surface area contributed by atoms with Gasteiger partial charge in [0.2, 0.25) is 0 Å². The van der Waals surface area contributed by atoms with Gasteiger partial charge in [-0.25, -0.2) is 4.98 Å². The summed E-state index contributed by atoms with van der Waals surface area (Å²) in [4.78, 5) is 4.34. The minimum Gasteiger partial charge on any atom is -0.488 e. The Hall–Kier alpha value is -1.26. The van der Waals surface area contributed by atoms with Crippen LogP contribution in [-0.2, 0) is 6.61 Å². The summed E-state index contributed by atoms with van der Waals surface area (Å²) in [7, 11) is 0. The lowest BCUT2D eigenvalue weighted by atomic mass is 10.3. The Morgan fingerprint density at radius 1 is 1.30 bits per heavy atom. The van der Waals surface area contributed by atoms with Gasteiger partial charge in [0.25, 0.3) is 0 Å². The van der Waals surface area contributed by atoms with Gasteiger partial charge < -0.3 is 10.1 Å². The maximum Gasteiger partial charge on any atom is 0.134 e. The van der Waals surface area contributed by atoms with Gasteiger partial charge in [-0.05, 0) is 46.6 Å². The molecule has 3 nitrogen and oxygen atoms in total. The highest BCUT2D eigenvalue weighted by Crippen LogP contribution is 2.28. The van der Waals surface area contributed by atoms with E-state index in [0.717, 1.165) is 34.6 Å². The fourth-order valence-corrected chi connectivity index (χ4v) is 2.42. The molecule has 2 aromatic rings. The van der Waals surface area contributed by atoms with Crippen molar-refractivity contribution in [3.05, 3.63) is 51.6 Å². The summed E-state index contributed by atoms with van der Waals surface area (Å²) in [5.74, 6) is 1.66. The number of anilines is 1. The molecule has 1 aromatic carbocycles. The van der Waals surface area contributed by atoms with Crippen LogP contribution in [0.2, 0.25) is 5.02 Å². The van der Waals surface area contributed by atoms with E-state index in [1.54, 1.807) is 6.07 Å². The number of aromatic nitrogens is 1. The van der Waals surface area contributed by atoms with Crippen LogP contribution in [0.4, 0.5) is 5.82 Å². The van der Waals surface area contributed by atoms with Crippen molar-refractivity contribution in [3.8, 4) is 5.75 Å². The van der Waals surface area contributed by atoms with Crippen molar-refractivity contribution in [2.24, 2.45) is 0 Å². The smallest absolute Gasteiger partial charge is 0.134 e. The van der Waals surface area contributed by atoms with E-state index in [0.29, 0.717) is 11.6 Å². The van der Waals surface area contributed by atoms with Gasteiger partial charge in [-0.3, -0.25) is 0 Å². The van der Waals surface area contributed by atoms with Gasteiger partial charge in [0.15, 0.2) is 0 Å². The van der Waals surface area contributed by atoms with E-state index in [1.165, 1.54) is 0 Å². The third-order valence-corrected chi connectivity index (χ3v) is 3.52. The van der Waals surface area contributed by atoms with E-state index < -0.39 is 0 Å². The Balaban J connectivity index is 1.93. The van der Waals surface area contributed by atoms with Crippen molar-refractivity contribution in [2.75, 3.05) is 11.9 Å². The summed E-state index contributed by atoms with van der Waals surface area (Å²) >= 11 is 9.32. The van der Waals surface area contributed by atoms with Crippen LogP contribution in [0, 0.1) is 0 Å². The molecule has 1 N–H and O–H groups in total. The lowest BCUT2D eigenvalue weighted by Crippen LogP contribution is -2.02. The fraction of sp³-hybridized carbons (Fsp3) is 0.267. The number of hydrogen-bond acceptors (Lipinski definition) is 3. The summed E-state index contributed by atoms with van der Waals surface area (Å²) in [5.41, 5.74) is 1.02. The lowest BCUT2D eigenvalue weighted by molar-refractivity contribution is 0.304. The first kappa shape index (κ1) is 15.1. The molecule has 5 heteroatoms. The molecule has 0 saturated carbocycles. The zero-order valence-corrected chi connectivity index (χ0v) is 13.5. The number of ether oxygens (including phenoxy) is 1. The predicted molar refractivity (Wildman–Crippen MR) is 86.5 cm³/mol. The molecule has 0 spiro atoms. The molecular formula is C15H16BrClN2O. The Morgan fingerprint density at radius 3 is 2.80 bits per heavy atom. The first-order valence-corrected chi connectivity index (χ1v) is 7.63. The van der Waals surface area contributed by atoms with Gasteiger partial charge in [0, 0.05) is 23.3 Å². The van der Waals surface area contributed by atoms with Crippen molar-refractivity contribution in [3.63, 3.8) is 0 Å². The number of nitrogens with one attached hydrogen (secondary N) is 1. The van der Waals surface area contributed by atoms with E-state index in [1.807, 2.05) is 30.5 Å². The van der Waals surface area contributed by atoms with Crippen LogP contribution in [0.15, 0.2) is 41.0 Å². The van der Waals surface area contributed by atoms with Crippen LogP contribution < -0.4 is 10.1 Å². The van der Waals surface area contributed by atoms with Crippen LogP contribution in [0.25, 0.3) is 0 Å². The quantitative estimate of drug-likeness (QED) is 0.800. The standard InChI is InChI=1S/C15H16BrClN2O/c1-2-7-18-15-6-3-11(9-19-15)10-20-14-5-4-12(17)8-13(14)16/h3-6,8-9H,2,7,10H2,1H3,(H,18,19). The number of nitrogens with zero attached hydrogens (tertiary/aromatic N) is 1. The average molecular weight is 356 g/mol. The average Bonchev–Trinajstić information content (AvgIpc) is 2.45. The van der Waals surface area contributed by atoms with Gasteiger partial charge in [-0.2, -0.15) is 0 Å². The molecule has 2 rings (SSSR count). The number of benzene rings is 1. The van der Waals surface area contributed by atoms with Crippen molar-refractivity contribution in [1.82, 2.24) is 4.98 Å². The van der Waals surface area contributed by atoms with Gasteiger partial charge >= 0.3 is 0 Å². The fourth-order valence-electron chi connectivity index (χ4n) is 1.62. The molecule has 0 amide bonds. The summed E-state index contributed by atoms with van der Waals surface area (Å²) in [5, 5.41) is 3.91. The molecule has 0 unspecified atom stereocenters. The van der Waals surface area contributed by atoms with Crippen molar-refractivity contribution in [2.45, 2.75) is 20.0 Å². The number of pyridine rings is 1. The second-order valence-electron chi connectivity index (χ2n) is 4.34. The number of rotatable bonds is 6. The van der Waals surface area contributed by atoms with Gasteiger partial charge in [-0.1, -0.05) is 24.6 Å². The van der Waals surface area contributed by atoms with E-state index in [2.05, 4.69) is 33.2 Å². The van der Waals surface area contributed by atoms with E-state index >= 15 is 0 Å². The predicted octanol–water partition coefficient (Wildman–Crippen LogP) is 4.90. The Morgan fingerprint density at radius 2 is 2.15 bits per heavy atom. The summed E-state index contributed by atoms with van der Waals surface area (Å²) in [6.45, 7) is 3.53. The van der Waals surface area contributed by atoms with Gasteiger partial charge in [0.1, 0.15) is 18.2 Å². The van der Waals surface area contributed by atoms with Crippen LogP contribution in [-0.4, -0.2) is 11.5 Å². The molecule has 0 aliphatic rings. The van der Waals surface area contributed by atoms with Crippen molar-refractivity contribution >= 4 is 33.3 Å². The van der Waals surface area contributed by atoms with Crippen molar-refractivity contribution < 1.29 is 4.74 Å². The van der Waals surface area contributed by atoms with E-state index in [4.69, 9.17) is 16.3 Å². The molecule has 0 aliphatic heterocycles. The third-order valence-electron chi connectivity index (χ3n) is 2.67. The summed E-state index contributed by atoms with van der Waals surface area (Å²) < 4.78 is 6.58. The highest BCUT2D eigenvalue weighted by atomic mass is 79.9. The maximum atomic E-state index is 5.89. The maximum absolute atomic E-state index is 5.89. The molecule has 0 radical (unpaired) electrons. The highest BCUT2D eigenvalue weighted by molar-refractivity contribution is 9.10. The molecular weight excluding hydrogens is 340 g/mol. The van der Waals surface area contributed by atoms with Crippen LogP contribution in [0.5, 0.6) is 5.75 Å². The van der Waals surface area contributed by atoms with Crippen LogP contribution in [0.1, 0.15) is 18.9 Å². The van der Waals surface area contributed by atoms with E-state index in [-0.39, 0.29) is 0 Å². The highest BCUT2D eigenvalue weighted by Gasteiger charge is 2.03. The van der Waals surface area contributed by atoms with Crippen LogP contribution >= 0.6 is 27.5 Å². The SMILES string of the molecule is CCCNc1ccc(COc2ccc(Cl)cc2Br)cn1. The zero-order valence-electron chi connectivity index (χ0n) is 11.2. The number of halogens is 2. The normalized spacial score (nSPS) is 10.3. The Labute approximate surface area is 132 Å². The second-order valence-corrected chi connectivity index (χ2v) is 5.63. The molecule has 0 saturated heterocycles. The van der Waals surface area contributed by atoms with Crippen LogP contribution in [0.3, 0.4) is 0 Å². The largest absolute Gasteiger partial charge is 0.488 e. The molecule has 1 heterocycles. The Bertz CT molecular complexity index is 560. The molecule has 0 atom stereocenters. The molecule has 0 aliphatic carbocycles. The molecule has 106 valence electrons. The van der Waals surface area contributed by atoms with Gasteiger partial charge in [0.05, 0.1) is 4.47 Å². The molecule has 20 heavy (non-hydrogen) atoms. The second kappa shape index (κ2) is 7.50. The first-order valence-electron chi connectivity index (χ1n) is 6.45. The molecule has 0 bridgehead atoms. The van der Waals surface area contributed by atoms with Gasteiger partial charge in [-0.15, -0.1) is 0 Å². The number of hydrogen-bond donors (Lipinski definition) is 1.